The minimum absolute atomic E-state index is 0.192. The summed E-state index contributed by atoms with van der Waals surface area (Å²) in [5.41, 5.74) is 5.48. The van der Waals surface area contributed by atoms with Gasteiger partial charge in [0.05, 0.1) is 6.00 Å². The van der Waals surface area contributed by atoms with Gasteiger partial charge in [0.25, 0.3) is 7.59 Å². The number of halogens is 1. The van der Waals surface area contributed by atoms with E-state index in [0.717, 1.165) is 0 Å². The van der Waals surface area contributed by atoms with Crippen molar-refractivity contribution in [3.8, 4) is 0 Å². The van der Waals surface area contributed by atoms with Crippen LogP contribution in [-0.4, -0.2) is 23.8 Å². The van der Waals surface area contributed by atoms with E-state index in [0.29, 0.717) is 13.1 Å². The number of alkyl halides is 1. The second-order valence-corrected chi connectivity index (χ2v) is 4.44. The highest BCUT2D eigenvalue weighted by molar-refractivity contribution is 7.57. The third-order valence-electron chi connectivity index (χ3n) is 1.31. The van der Waals surface area contributed by atoms with Gasteiger partial charge in [0, 0.05) is 13.1 Å². The van der Waals surface area contributed by atoms with E-state index < -0.39 is 7.59 Å². The molecule has 4 nitrogen and oxygen atoms in total. The maximum absolute atomic E-state index is 11.5. The number of rotatable bonds is 5. The largest absolute Gasteiger partial charge is 0.280 e. The molecule has 6 heteroatoms. The van der Waals surface area contributed by atoms with Crippen LogP contribution in [0.5, 0.6) is 0 Å². The second-order valence-electron chi connectivity index (χ2n) is 2.08. The van der Waals surface area contributed by atoms with E-state index in [1.165, 1.54) is 4.67 Å². The van der Waals surface area contributed by atoms with Crippen molar-refractivity contribution in [1.29, 1.82) is 0 Å². The maximum Gasteiger partial charge on any atom is 0.280 e. The highest BCUT2D eigenvalue weighted by Crippen LogP contribution is 2.35. The Bertz CT molecular complexity index is 151. The molecule has 0 spiro atoms. The molecule has 0 aliphatic rings. The predicted molar refractivity (Wildman–Crippen MR) is 48.6 cm³/mol. The van der Waals surface area contributed by atoms with E-state index in [9.17, 15) is 4.57 Å². The smallest absolute Gasteiger partial charge is 0.271 e. The fraction of sp³-hybridized carbons (Fsp3) is 1.00. The lowest BCUT2D eigenvalue weighted by atomic mass is 10.8. The maximum atomic E-state index is 11.5. The molecule has 0 radical (unpaired) electrons. The van der Waals surface area contributed by atoms with Gasteiger partial charge in [-0.3, -0.25) is 10.1 Å². The summed E-state index contributed by atoms with van der Waals surface area (Å²) in [7, 11) is -2.85. The number of nitrogens with zero attached hydrogens (tertiary/aromatic N) is 1. The molecular weight excluding hydrogens is 185 g/mol. The Morgan fingerprint density at radius 3 is 2.45 bits per heavy atom. The van der Waals surface area contributed by atoms with Crippen LogP contribution in [0.15, 0.2) is 0 Å². The zero-order valence-electron chi connectivity index (χ0n) is 6.88. The molecule has 0 aliphatic heterocycles. The fourth-order valence-corrected chi connectivity index (χ4v) is 2.58. The number of nitrogens with one attached hydrogen (secondary N) is 1. The molecule has 0 saturated heterocycles. The average molecular weight is 200 g/mol. The summed E-state index contributed by atoms with van der Waals surface area (Å²) in [6.45, 7) is 4.88. The van der Waals surface area contributed by atoms with Crippen molar-refractivity contribution in [2.75, 3.05) is 19.1 Å². The normalized spacial score (nSPS) is 16.8. The first-order valence-electron chi connectivity index (χ1n) is 3.53. The predicted octanol–water partition coefficient (Wildman–Crippen LogP) is 1.18. The summed E-state index contributed by atoms with van der Waals surface area (Å²) in [4.78, 5) is 0. The SMILES string of the molecule is CCNP(N)(=O)N(CC)CCl. The first kappa shape index (κ1) is 11.4. The third-order valence-corrected chi connectivity index (χ3v) is 3.80. The van der Waals surface area contributed by atoms with Gasteiger partial charge in [-0.1, -0.05) is 13.8 Å². The summed E-state index contributed by atoms with van der Waals surface area (Å²) < 4.78 is 13.0. The van der Waals surface area contributed by atoms with Crippen LogP contribution in [0.4, 0.5) is 0 Å². The second kappa shape index (κ2) is 5.12. The molecule has 1 unspecified atom stereocenters. The molecule has 0 fully saturated rings. The number of hydrogen-bond acceptors (Lipinski definition) is 1. The van der Waals surface area contributed by atoms with Gasteiger partial charge in [-0.15, -0.1) is 11.6 Å². The zero-order valence-corrected chi connectivity index (χ0v) is 8.53. The van der Waals surface area contributed by atoms with E-state index in [-0.39, 0.29) is 6.00 Å². The molecule has 0 heterocycles. The summed E-state index contributed by atoms with van der Waals surface area (Å²) in [5.74, 6) is 0. The van der Waals surface area contributed by atoms with Crippen LogP contribution in [0.1, 0.15) is 13.8 Å². The van der Waals surface area contributed by atoms with Gasteiger partial charge < -0.3 is 0 Å². The van der Waals surface area contributed by atoms with Crippen molar-refractivity contribution in [2.24, 2.45) is 5.50 Å². The topological polar surface area (TPSA) is 58.4 Å². The van der Waals surface area contributed by atoms with Crippen LogP contribution in [0, 0.1) is 0 Å². The van der Waals surface area contributed by atoms with Crippen molar-refractivity contribution < 1.29 is 4.57 Å². The zero-order chi connectivity index (χ0) is 8.91. The third kappa shape index (κ3) is 3.54. The molecule has 11 heavy (non-hydrogen) atoms. The van der Waals surface area contributed by atoms with E-state index in [4.69, 9.17) is 17.1 Å². The first-order chi connectivity index (χ1) is 5.08. The van der Waals surface area contributed by atoms with Crippen LogP contribution in [0.3, 0.4) is 0 Å². The van der Waals surface area contributed by atoms with Crippen LogP contribution in [0.2, 0.25) is 0 Å². The Balaban J connectivity index is 4.13. The molecule has 0 bridgehead atoms. The summed E-state index contributed by atoms with van der Waals surface area (Å²) in [6.07, 6.45) is 0. The lowest BCUT2D eigenvalue weighted by molar-refractivity contribution is 0.460. The van der Waals surface area contributed by atoms with Crippen molar-refractivity contribution in [3.63, 3.8) is 0 Å². The van der Waals surface area contributed by atoms with Gasteiger partial charge in [-0.2, -0.15) is 0 Å². The minimum Gasteiger partial charge on any atom is -0.271 e. The Morgan fingerprint density at radius 2 is 2.18 bits per heavy atom. The fourth-order valence-electron chi connectivity index (χ4n) is 0.701. The molecule has 0 aliphatic carbocycles. The van der Waals surface area contributed by atoms with Crippen LogP contribution < -0.4 is 10.6 Å². The Morgan fingerprint density at radius 1 is 1.64 bits per heavy atom. The van der Waals surface area contributed by atoms with Crippen molar-refractivity contribution >= 4 is 19.2 Å². The molecule has 0 aromatic carbocycles. The quantitative estimate of drug-likeness (QED) is 0.397. The van der Waals surface area contributed by atoms with Gasteiger partial charge in [0.15, 0.2) is 0 Å². The minimum atomic E-state index is -2.85. The van der Waals surface area contributed by atoms with Crippen molar-refractivity contribution in [1.82, 2.24) is 9.76 Å². The highest BCUT2D eigenvalue weighted by atomic mass is 35.5. The van der Waals surface area contributed by atoms with Crippen LogP contribution in [0.25, 0.3) is 0 Å². The molecular formula is C5H15ClN3OP. The molecule has 68 valence electrons. The lowest BCUT2D eigenvalue weighted by Gasteiger charge is -2.24. The van der Waals surface area contributed by atoms with E-state index in [1.807, 2.05) is 13.8 Å². The number of hydrogen-bond donors (Lipinski definition) is 2. The molecule has 0 amide bonds. The van der Waals surface area contributed by atoms with Crippen LogP contribution >= 0.6 is 19.2 Å². The highest BCUT2D eigenvalue weighted by Gasteiger charge is 2.21. The summed E-state index contributed by atoms with van der Waals surface area (Å²) in [6, 6.07) is 0.192. The van der Waals surface area contributed by atoms with Crippen LogP contribution in [-0.2, 0) is 4.57 Å². The molecule has 3 N–H and O–H groups in total. The first-order valence-corrected chi connectivity index (χ1v) is 5.80. The van der Waals surface area contributed by atoms with Gasteiger partial charge >= 0.3 is 0 Å². The molecule has 0 saturated carbocycles. The van der Waals surface area contributed by atoms with E-state index in [2.05, 4.69) is 5.09 Å². The molecule has 0 rings (SSSR count). The summed E-state index contributed by atoms with van der Waals surface area (Å²) in [5, 5.41) is 2.70. The van der Waals surface area contributed by atoms with Crippen molar-refractivity contribution in [2.45, 2.75) is 13.8 Å². The van der Waals surface area contributed by atoms with E-state index >= 15 is 0 Å². The standard InChI is InChI=1S/C5H15ClN3OP/c1-3-8-11(7,10)9(4-2)5-6/h3-5H2,1-2H3,(H3,7,8,10). The van der Waals surface area contributed by atoms with Gasteiger partial charge in [0.1, 0.15) is 0 Å². The van der Waals surface area contributed by atoms with Gasteiger partial charge in [-0.05, 0) is 0 Å². The van der Waals surface area contributed by atoms with Gasteiger partial charge in [-0.25, -0.2) is 9.76 Å². The lowest BCUT2D eigenvalue weighted by Crippen LogP contribution is -2.31. The molecule has 0 aromatic rings. The van der Waals surface area contributed by atoms with E-state index in [1.54, 1.807) is 0 Å². The summed E-state index contributed by atoms with van der Waals surface area (Å²) >= 11 is 5.52. The van der Waals surface area contributed by atoms with Gasteiger partial charge in [0.2, 0.25) is 0 Å². The number of nitrogens with two attached hydrogens (primary N) is 1. The monoisotopic (exact) mass is 199 g/mol. The average Bonchev–Trinajstić information content (AvgIpc) is 1.89. The Hall–Kier alpha value is 0.400. The Labute approximate surface area is 72.6 Å². The molecule has 0 aromatic heterocycles. The van der Waals surface area contributed by atoms with Crippen molar-refractivity contribution in [3.05, 3.63) is 0 Å². The molecule has 1 atom stereocenters. The Kier molecular flexibility index (Phi) is 5.30.